The third kappa shape index (κ3) is 6.33. The first-order chi connectivity index (χ1) is 12.1. The Kier molecular flexibility index (Phi) is 8.23. The summed E-state index contributed by atoms with van der Waals surface area (Å²) in [5.41, 5.74) is 1.06. The summed E-state index contributed by atoms with van der Waals surface area (Å²) in [7, 11) is 0. The van der Waals surface area contributed by atoms with Crippen LogP contribution in [-0.2, 0) is 11.3 Å². The minimum Gasteiger partial charge on any atom is -0.356 e. The van der Waals surface area contributed by atoms with Crippen LogP contribution in [0.3, 0.4) is 0 Å². The van der Waals surface area contributed by atoms with Gasteiger partial charge in [0.1, 0.15) is 0 Å². The molecule has 1 amide bonds. The van der Waals surface area contributed by atoms with E-state index in [0.29, 0.717) is 0 Å². The predicted octanol–water partition coefficient (Wildman–Crippen LogP) is 4.05. The molecule has 1 aromatic heterocycles. The number of nitrogens with one attached hydrogen (secondary N) is 1. The molecular formula is C21H34N2O2. The van der Waals surface area contributed by atoms with E-state index in [4.69, 9.17) is 0 Å². The number of rotatable bonds is 9. The number of pyridine rings is 1. The van der Waals surface area contributed by atoms with Crippen LogP contribution in [0.1, 0.15) is 70.4 Å². The maximum Gasteiger partial charge on any atom is 0.250 e. The summed E-state index contributed by atoms with van der Waals surface area (Å²) >= 11 is 0. The van der Waals surface area contributed by atoms with Crippen LogP contribution >= 0.6 is 0 Å². The normalized spacial score (nSPS) is 20.4. The Labute approximate surface area is 152 Å². The second-order valence-corrected chi connectivity index (χ2v) is 7.52. The molecule has 0 atom stereocenters. The highest BCUT2D eigenvalue weighted by molar-refractivity contribution is 5.78. The van der Waals surface area contributed by atoms with Gasteiger partial charge in [-0.3, -0.25) is 9.59 Å². The van der Waals surface area contributed by atoms with Gasteiger partial charge in [0.2, 0.25) is 5.91 Å². The van der Waals surface area contributed by atoms with Crippen LogP contribution < -0.4 is 10.9 Å². The molecule has 1 fully saturated rings. The molecule has 0 saturated heterocycles. The number of unbranched alkanes of at least 4 members (excludes halogenated alkanes) is 2. The summed E-state index contributed by atoms with van der Waals surface area (Å²) < 4.78 is 1.80. The molecule has 1 N–H and O–H groups in total. The lowest BCUT2D eigenvalue weighted by atomic mass is 9.79. The van der Waals surface area contributed by atoms with Crippen molar-refractivity contribution in [2.45, 2.75) is 78.2 Å². The summed E-state index contributed by atoms with van der Waals surface area (Å²) in [6, 6.07) is 5.36. The van der Waals surface area contributed by atoms with Gasteiger partial charge in [0.25, 0.3) is 5.56 Å². The SMILES string of the molecule is CCCCC1CCC(C(=O)NCCCCn2c(C)cccc2=O)CC1. The molecular weight excluding hydrogens is 312 g/mol. The van der Waals surface area contributed by atoms with Crippen molar-refractivity contribution in [3.8, 4) is 0 Å². The van der Waals surface area contributed by atoms with Gasteiger partial charge in [-0.25, -0.2) is 0 Å². The molecule has 1 aromatic rings. The van der Waals surface area contributed by atoms with Gasteiger partial charge in [0, 0.05) is 30.8 Å². The van der Waals surface area contributed by atoms with Crippen LogP contribution in [0.25, 0.3) is 0 Å². The van der Waals surface area contributed by atoms with Crippen LogP contribution in [0.5, 0.6) is 0 Å². The maximum atomic E-state index is 12.3. The predicted molar refractivity (Wildman–Crippen MR) is 103 cm³/mol. The highest BCUT2D eigenvalue weighted by atomic mass is 16.2. The fraction of sp³-hybridized carbons (Fsp3) is 0.714. The first-order valence-electron chi connectivity index (χ1n) is 10.1. The maximum absolute atomic E-state index is 12.3. The Hall–Kier alpha value is -1.58. The molecule has 2 rings (SSSR count). The van der Waals surface area contributed by atoms with Crippen LogP contribution in [-0.4, -0.2) is 17.0 Å². The third-order valence-corrected chi connectivity index (χ3v) is 5.56. The van der Waals surface area contributed by atoms with Gasteiger partial charge < -0.3 is 9.88 Å². The fourth-order valence-electron chi connectivity index (χ4n) is 3.87. The van der Waals surface area contributed by atoms with E-state index >= 15 is 0 Å². The number of amides is 1. The molecule has 25 heavy (non-hydrogen) atoms. The van der Waals surface area contributed by atoms with Crippen molar-refractivity contribution in [3.63, 3.8) is 0 Å². The van der Waals surface area contributed by atoms with Gasteiger partial charge in [-0.1, -0.05) is 32.3 Å². The standard InChI is InChI=1S/C21H34N2O2/c1-3-4-9-18-11-13-19(14-12-18)21(25)22-15-5-6-16-23-17(2)8-7-10-20(23)24/h7-8,10,18-19H,3-6,9,11-16H2,1-2H3,(H,22,25). The highest BCUT2D eigenvalue weighted by Crippen LogP contribution is 2.31. The lowest BCUT2D eigenvalue weighted by molar-refractivity contribution is -0.126. The number of hydrogen-bond acceptors (Lipinski definition) is 2. The summed E-state index contributed by atoms with van der Waals surface area (Å²) in [4.78, 5) is 24.1. The zero-order valence-corrected chi connectivity index (χ0v) is 15.9. The minimum atomic E-state index is 0.0591. The van der Waals surface area contributed by atoms with Crippen molar-refractivity contribution >= 4 is 5.91 Å². The summed E-state index contributed by atoms with van der Waals surface area (Å²) in [6.07, 6.45) is 10.3. The number of carbonyl (C=O) groups excluding carboxylic acids is 1. The van der Waals surface area contributed by atoms with Gasteiger partial charge in [-0.15, -0.1) is 0 Å². The van der Waals surface area contributed by atoms with Crippen molar-refractivity contribution in [1.29, 1.82) is 0 Å². The Morgan fingerprint density at radius 1 is 1.16 bits per heavy atom. The molecule has 140 valence electrons. The van der Waals surface area contributed by atoms with Crippen molar-refractivity contribution in [2.75, 3.05) is 6.54 Å². The number of aryl methyl sites for hydroxylation is 1. The lowest BCUT2D eigenvalue weighted by Crippen LogP contribution is -2.34. The molecule has 0 spiro atoms. The summed E-state index contributed by atoms with van der Waals surface area (Å²) in [5.74, 6) is 1.30. The van der Waals surface area contributed by atoms with Crippen molar-refractivity contribution in [1.82, 2.24) is 9.88 Å². The molecule has 4 nitrogen and oxygen atoms in total. The Morgan fingerprint density at radius 3 is 2.60 bits per heavy atom. The Bertz CT molecular complexity index is 586. The van der Waals surface area contributed by atoms with Crippen LogP contribution in [0.2, 0.25) is 0 Å². The van der Waals surface area contributed by atoms with E-state index in [1.54, 1.807) is 16.7 Å². The van der Waals surface area contributed by atoms with E-state index in [2.05, 4.69) is 12.2 Å². The van der Waals surface area contributed by atoms with Crippen LogP contribution in [0.15, 0.2) is 23.0 Å². The third-order valence-electron chi connectivity index (χ3n) is 5.56. The van der Waals surface area contributed by atoms with E-state index in [-0.39, 0.29) is 17.4 Å². The van der Waals surface area contributed by atoms with Crippen LogP contribution in [0, 0.1) is 18.8 Å². The molecule has 1 aliphatic rings. The zero-order valence-electron chi connectivity index (χ0n) is 15.9. The van der Waals surface area contributed by atoms with Gasteiger partial charge >= 0.3 is 0 Å². The molecule has 0 unspecified atom stereocenters. The molecule has 4 heteroatoms. The topological polar surface area (TPSA) is 51.1 Å². The van der Waals surface area contributed by atoms with Crippen LogP contribution in [0.4, 0.5) is 0 Å². The average molecular weight is 347 g/mol. The Morgan fingerprint density at radius 2 is 1.92 bits per heavy atom. The molecule has 0 bridgehead atoms. The second kappa shape index (κ2) is 10.4. The second-order valence-electron chi connectivity index (χ2n) is 7.52. The molecule has 0 aromatic carbocycles. The minimum absolute atomic E-state index is 0.0591. The summed E-state index contributed by atoms with van der Waals surface area (Å²) in [6.45, 7) is 5.65. The number of aromatic nitrogens is 1. The molecule has 0 aliphatic heterocycles. The van der Waals surface area contributed by atoms with E-state index in [9.17, 15) is 9.59 Å². The molecule has 0 radical (unpaired) electrons. The molecule has 1 heterocycles. The number of hydrogen-bond donors (Lipinski definition) is 1. The average Bonchev–Trinajstić information content (AvgIpc) is 2.62. The van der Waals surface area contributed by atoms with Gasteiger partial charge in [-0.05, 0) is 57.4 Å². The largest absolute Gasteiger partial charge is 0.356 e. The zero-order chi connectivity index (χ0) is 18.1. The fourth-order valence-corrected chi connectivity index (χ4v) is 3.87. The van der Waals surface area contributed by atoms with E-state index in [1.165, 1.54) is 32.1 Å². The quantitative estimate of drug-likeness (QED) is 0.686. The number of nitrogens with zero attached hydrogens (tertiary/aromatic N) is 1. The van der Waals surface area contributed by atoms with Crippen molar-refractivity contribution in [3.05, 3.63) is 34.2 Å². The van der Waals surface area contributed by atoms with Crippen molar-refractivity contribution in [2.24, 2.45) is 11.8 Å². The van der Waals surface area contributed by atoms with E-state index < -0.39 is 0 Å². The Balaban J connectivity index is 1.61. The highest BCUT2D eigenvalue weighted by Gasteiger charge is 2.25. The van der Waals surface area contributed by atoms with Gasteiger partial charge in [0.05, 0.1) is 0 Å². The smallest absolute Gasteiger partial charge is 0.250 e. The first-order valence-corrected chi connectivity index (χ1v) is 10.1. The van der Waals surface area contributed by atoms with Crippen molar-refractivity contribution < 1.29 is 4.79 Å². The van der Waals surface area contributed by atoms with E-state index in [0.717, 1.165) is 50.4 Å². The van der Waals surface area contributed by atoms with Gasteiger partial charge in [0.15, 0.2) is 0 Å². The monoisotopic (exact) mass is 346 g/mol. The molecule has 1 aliphatic carbocycles. The number of carbonyl (C=O) groups is 1. The lowest BCUT2D eigenvalue weighted by Gasteiger charge is -2.27. The first kappa shape index (κ1) is 19.7. The summed E-state index contributed by atoms with van der Waals surface area (Å²) in [5, 5.41) is 3.10. The van der Waals surface area contributed by atoms with Gasteiger partial charge in [-0.2, -0.15) is 0 Å². The van der Waals surface area contributed by atoms with E-state index in [1.807, 2.05) is 13.0 Å². The molecule has 1 saturated carbocycles.